The van der Waals surface area contributed by atoms with E-state index >= 15 is 0 Å². The number of hydrogen-bond donors (Lipinski definition) is 0. The molecular weight excluding hydrogens is 242 g/mol. The summed E-state index contributed by atoms with van der Waals surface area (Å²) in [5, 5.41) is 8.93. The van der Waals surface area contributed by atoms with Crippen LogP contribution in [0.3, 0.4) is 0 Å². The Kier molecular flexibility index (Phi) is 3.21. The highest BCUT2D eigenvalue weighted by Crippen LogP contribution is 2.47. The minimum atomic E-state index is -2.60. The number of rotatable bonds is 3. The molecule has 0 saturated heterocycles. The fourth-order valence-corrected chi connectivity index (χ4v) is 3.15. The lowest BCUT2D eigenvalue weighted by Gasteiger charge is -2.15. The van der Waals surface area contributed by atoms with Gasteiger partial charge in [0.25, 0.3) is 5.92 Å². The largest absolute Gasteiger partial charge is 0.257 e. The molecule has 2 rings (SSSR count). The Labute approximate surface area is 95.7 Å². The SMILES string of the molecule is FC1(F)CCCC1c1nnc(CCCl)s1. The van der Waals surface area contributed by atoms with E-state index in [-0.39, 0.29) is 6.42 Å². The van der Waals surface area contributed by atoms with Gasteiger partial charge in [0.1, 0.15) is 10.0 Å². The van der Waals surface area contributed by atoms with Crippen LogP contribution in [-0.2, 0) is 6.42 Å². The molecule has 1 saturated carbocycles. The maximum Gasteiger partial charge on any atom is 0.257 e. The molecule has 15 heavy (non-hydrogen) atoms. The molecular formula is C9H11ClF2N2S. The number of aryl methyl sites for hydroxylation is 1. The Morgan fingerprint density at radius 2 is 2.27 bits per heavy atom. The predicted octanol–water partition coefficient (Wildman–Crippen LogP) is 3.22. The third kappa shape index (κ3) is 2.28. The standard InChI is InChI=1S/C9H11ClF2N2S/c10-5-3-7-13-14-8(15-7)6-2-1-4-9(6,11)12/h6H,1-5H2. The van der Waals surface area contributed by atoms with Crippen molar-refractivity contribution in [1.82, 2.24) is 10.2 Å². The van der Waals surface area contributed by atoms with E-state index in [9.17, 15) is 8.78 Å². The number of nitrogens with zero attached hydrogens (tertiary/aromatic N) is 2. The van der Waals surface area contributed by atoms with Gasteiger partial charge in [0.15, 0.2) is 0 Å². The first-order chi connectivity index (χ1) is 7.13. The number of aromatic nitrogens is 2. The van der Waals surface area contributed by atoms with Crippen molar-refractivity contribution in [3.8, 4) is 0 Å². The molecule has 1 aromatic rings. The average Bonchev–Trinajstić information content (AvgIpc) is 2.72. The van der Waals surface area contributed by atoms with Crippen LogP contribution in [-0.4, -0.2) is 22.0 Å². The third-order valence-electron chi connectivity index (χ3n) is 2.60. The van der Waals surface area contributed by atoms with Crippen LogP contribution in [0.1, 0.15) is 35.2 Å². The van der Waals surface area contributed by atoms with Gasteiger partial charge in [-0.3, -0.25) is 0 Å². The molecule has 0 bridgehead atoms. The van der Waals surface area contributed by atoms with Gasteiger partial charge in [-0.15, -0.1) is 33.1 Å². The molecule has 1 atom stereocenters. The Hall–Kier alpha value is -0.290. The van der Waals surface area contributed by atoms with E-state index in [1.807, 2.05) is 0 Å². The first-order valence-electron chi connectivity index (χ1n) is 4.89. The van der Waals surface area contributed by atoms with E-state index < -0.39 is 11.8 Å². The normalized spacial score (nSPS) is 24.6. The van der Waals surface area contributed by atoms with Gasteiger partial charge in [0.2, 0.25) is 0 Å². The van der Waals surface area contributed by atoms with Crippen molar-refractivity contribution >= 4 is 22.9 Å². The third-order valence-corrected chi connectivity index (χ3v) is 3.89. The van der Waals surface area contributed by atoms with E-state index in [2.05, 4.69) is 10.2 Å². The van der Waals surface area contributed by atoms with E-state index in [1.54, 1.807) is 0 Å². The summed E-state index contributed by atoms with van der Waals surface area (Å²) in [7, 11) is 0. The lowest BCUT2D eigenvalue weighted by Crippen LogP contribution is -2.19. The summed E-state index contributed by atoms with van der Waals surface area (Å²) in [4.78, 5) is 0. The first kappa shape index (κ1) is 11.2. The average molecular weight is 253 g/mol. The quantitative estimate of drug-likeness (QED) is 0.772. The van der Waals surface area contributed by atoms with Gasteiger partial charge >= 0.3 is 0 Å². The molecule has 0 aromatic carbocycles. The van der Waals surface area contributed by atoms with Gasteiger partial charge < -0.3 is 0 Å². The molecule has 0 N–H and O–H groups in total. The zero-order valence-corrected chi connectivity index (χ0v) is 9.62. The molecule has 0 amide bonds. The van der Waals surface area contributed by atoms with Crippen molar-refractivity contribution in [3.05, 3.63) is 10.0 Å². The molecule has 1 fully saturated rings. The fraction of sp³-hybridized carbons (Fsp3) is 0.778. The molecule has 0 aliphatic heterocycles. The summed E-state index contributed by atoms with van der Waals surface area (Å²) in [5.74, 6) is -2.87. The number of alkyl halides is 3. The van der Waals surface area contributed by atoms with Crippen LogP contribution in [0.25, 0.3) is 0 Å². The van der Waals surface area contributed by atoms with Crippen molar-refractivity contribution in [2.75, 3.05) is 5.88 Å². The van der Waals surface area contributed by atoms with Crippen LogP contribution in [0.5, 0.6) is 0 Å². The van der Waals surface area contributed by atoms with E-state index in [0.29, 0.717) is 30.2 Å². The second kappa shape index (κ2) is 4.29. The van der Waals surface area contributed by atoms with Gasteiger partial charge in [0.05, 0.1) is 5.92 Å². The van der Waals surface area contributed by atoms with Gasteiger partial charge in [-0.25, -0.2) is 8.78 Å². The van der Waals surface area contributed by atoms with Crippen molar-refractivity contribution < 1.29 is 8.78 Å². The van der Waals surface area contributed by atoms with Crippen LogP contribution in [0.4, 0.5) is 8.78 Å². The Balaban J connectivity index is 2.15. The maximum atomic E-state index is 13.4. The van der Waals surface area contributed by atoms with Crippen LogP contribution in [0.15, 0.2) is 0 Å². The molecule has 1 aliphatic carbocycles. The highest BCUT2D eigenvalue weighted by atomic mass is 35.5. The zero-order valence-electron chi connectivity index (χ0n) is 8.05. The summed E-state index contributed by atoms with van der Waals surface area (Å²) in [6, 6.07) is 0. The smallest absolute Gasteiger partial charge is 0.206 e. The van der Waals surface area contributed by atoms with E-state index in [4.69, 9.17) is 11.6 Å². The monoisotopic (exact) mass is 252 g/mol. The minimum Gasteiger partial charge on any atom is -0.206 e. The van der Waals surface area contributed by atoms with E-state index in [1.165, 1.54) is 11.3 Å². The Bertz CT molecular complexity index is 343. The molecule has 0 spiro atoms. The van der Waals surface area contributed by atoms with Crippen LogP contribution < -0.4 is 0 Å². The van der Waals surface area contributed by atoms with Crippen molar-refractivity contribution in [1.29, 1.82) is 0 Å². The number of hydrogen-bond acceptors (Lipinski definition) is 3. The van der Waals surface area contributed by atoms with Crippen LogP contribution >= 0.6 is 22.9 Å². The van der Waals surface area contributed by atoms with Crippen LogP contribution in [0.2, 0.25) is 0 Å². The fourth-order valence-electron chi connectivity index (χ4n) is 1.82. The van der Waals surface area contributed by atoms with E-state index in [0.717, 1.165) is 5.01 Å². The van der Waals surface area contributed by atoms with Gasteiger partial charge in [-0.1, -0.05) is 0 Å². The summed E-state index contributed by atoms with van der Waals surface area (Å²) < 4.78 is 26.8. The lowest BCUT2D eigenvalue weighted by atomic mass is 10.1. The first-order valence-corrected chi connectivity index (χ1v) is 6.24. The van der Waals surface area contributed by atoms with Gasteiger partial charge in [-0.2, -0.15) is 0 Å². The Morgan fingerprint density at radius 3 is 2.87 bits per heavy atom. The highest BCUT2D eigenvalue weighted by Gasteiger charge is 2.46. The highest BCUT2D eigenvalue weighted by molar-refractivity contribution is 7.11. The molecule has 84 valence electrons. The molecule has 1 unspecified atom stereocenters. The summed E-state index contributed by atoms with van der Waals surface area (Å²) in [6.07, 6.45) is 1.67. The second-order valence-electron chi connectivity index (χ2n) is 3.68. The Morgan fingerprint density at radius 1 is 1.47 bits per heavy atom. The molecule has 1 heterocycles. The summed E-state index contributed by atoms with van der Waals surface area (Å²) in [6.45, 7) is 0. The second-order valence-corrected chi connectivity index (χ2v) is 5.15. The maximum absolute atomic E-state index is 13.4. The van der Waals surface area contributed by atoms with Crippen molar-refractivity contribution in [2.45, 2.75) is 37.5 Å². The van der Waals surface area contributed by atoms with Gasteiger partial charge in [0, 0.05) is 18.7 Å². The molecule has 6 heteroatoms. The van der Waals surface area contributed by atoms with Crippen LogP contribution in [0, 0.1) is 0 Å². The summed E-state index contributed by atoms with van der Waals surface area (Å²) in [5.41, 5.74) is 0. The van der Waals surface area contributed by atoms with Gasteiger partial charge in [-0.05, 0) is 12.8 Å². The molecule has 2 nitrogen and oxygen atoms in total. The number of halogens is 3. The van der Waals surface area contributed by atoms with Crippen molar-refractivity contribution in [3.63, 3.8) is 0 Å². The lowest BCUT2D eigenvalue weighted by molar-refractivity contribution is -0.00916. The molecule has 1 aliphatic rings. The molecule has 1 aromatic heterocycles. The predicted molar refractivity (Wildman–Crippen MR) is 55.9 cm³/mol. The molecule has 0 radical (unpaired) electrons. The minimum absolute atomic E-state index is 0.0257. The van der Waals surface area contributed by atoms with Crippen molar-refractivity contribution in [2.24, 2.45) is 0 Å². The topological polar surface area (TPSA) is 25.8 Å². The zero-order chi connectivity index (χ0) is 10.9. The summed E-state index contributed by atoms with van der Waals surface area (Å²) >= 11 is 6.82.